The molecule has 0 aliphatic carbocycles. The highest BCUT2D eigenvalue weighted by Gasteiger charge is 2.14. The summed E-state index contributed by atoms with van der Waals surface area (Å²) in [7, 11) is 0. The minimum atomic E-state index is -0.0265. The number of nitrogens with zero attached hydrogens (tertiary/aromatic N) is 4. The molecule has 124 valence electrons. The van der Waals surface area contributed by atoms with E-state index >= 15 is 0 Å². The standard InChI is InChI=1S/C17H20N6O/c1-11-14(8-9-16(24)20-13-6-4-3-5-7-13)12(2)23-17(19-11)21-15(10-18)22-23/h3-7H,8-10,18H2,1-2H3,(H,20,24). The molecule has 7 heteroatoms. The second-order valence-corrected chi connectivity index (χ2v) is 5.62. The third kappa shape index (κ3) is 3.26. The number of para-hydroxylation sites is 1. The van der Waals surface area contributed by atoms with Crippen LogP contribution >= 0.6 is 0 Å². The Bertz CT molecular complexity index is 872. The molecule has 0 aliphatic rings. The van der Waals surface area contributed by atoms with Gasteiger partial charge in [0.2, 0.25) is 5.91 Å². The Balaban J connectivity index is 1.76. The number of nitrogens with one attached hydrogen (secondary N) is 1. The van der Waals surface area contributed by atoms with Crippen molar-refractivity contribution in [1.29, 1.82) is 0 Å². The Morgan fingerprint density at radius 1 is 1.21 bits per heavy atom. The number of aromatic nitrogens is 4. The lowest BCUT2D eigenvalue weighted by Gasteiger charge is -2.10. The minimum absolute atomic E-state index is 0.0265. The Morgan fingerprint density at radius 3 is 2.67 bits per heavy atom. The summed E-state index contributed by atoms with van der Waals surface area (Å²) in [6.07, 6.45) is 0.972. The molecule has 1 amide bonds. The van der Waals surface area contributed by atoms with Crippen molar-refractivity contribution in [2.45, 2.75) is 33.2 Å². The molecule has 0 bridgehead atoms. The van der Waals surface area contributed by atoms with Crippen LogP contribution in [0, 0.1) is 13.8 Å². The molecule has 2 heterocycles. The normalized spacial score (nSPS) is 11.0. The molecule has 3 rings (SSSR count). The van der Waals surface area contributed by atoms with E-state index in [1.807, 2.05) is 44.2 Å². The van der Waals surface area contributed by atoms with Gasteiger partial charge in [0.1, 0.15) is 0 Å². The monoisotopic (exact) mass is 324 g/mol. The summed E-state index contributed by atoms with van der Waals surface area (Å²) in [5.74, 6) is 1.08. The largest absolute Gasteiger partial charge is 0.326 e. The van der Waals surface area contributed by atoms with Gasteiger partial charge in [-0.1, -0.05) is 18.2 Å². The number of aryl methyl sites for hydroxylation is 2. The number of carbonyl (C=O) groups is 1. The van der Waals surface area contributed by atoms with Crippen LogP contribution in [0.25, 0.3) is 5.78 Å². The van der Waals surface area contributed by atoms with Crippen molar-refractivity contribution in [1.82, 2.24) is 19.6 Å². The van der Waals surface area contributed by atoms with Crippen molar-refractivity contribution >= 4 is 17.4 Å². The second kappa shape index (κ2) is 6.76. The lowest BCUT2D eigenvalue weighted by Crippen LogP contribution is -2.14. The molecular weight excluding hydrogens is 304 g/mol. The maximum absolute atomic E-state index is 12.1. The predicted molar refractivity (Wildman–Crippen MR) is 91.5 cm³/mol. The molecule has 0 aliphatic heterocycles. The van der Waals surface area contributed by atoms with Gasteiger partial charge in [-0.3, -0.25) is 4.79 Å². The van der Waals surface area contributed by atoms with Gasteiger partial charge >= 0.3 is 0 Å². The number of fused-ring (bicyclic) bond motifs is 1. The minimum Gasteiger partial charge on any atom is -0.326 e. The third-order valence-corrected chi connectivity index (χ3v) is 3.93. The Morgan fingerprint density at radius 2 is 1.96 bits per heavy atom. The van der Waals surface area contributed by atoms with Crippen molar-refractivity contribution in [2.24, 2.45) is 5.73 Å². The summed E-state index contributed by atoms with van der Waals surface area (Å²) in [4.78, 5) is 20.9. The second-order valence-electron chi connectivity index (χ2n) is 5.62. The number of hydrogen-bond acceptors (Lipinski definition) is 5. The molecule has 0 atom stereocenters. The van der Waals surface area contributed by atoms with Gasteiger partial charge in [-0.2, -0.15) is 4.98 Å². The lowest BCUT2D eigenvalue weighted by atomic mass is 10.1. The molecule has 0 unspecified atom stereocenters. The molecule has 3 aromatic rings. The van der Waals surface area contributed by atoms with Crippen molar-refractivity contribution in [2.75, 3.05) is 5.32 Å². The molecule has 0 spiro atoms. The van der Waals surface area contributed by atoms with Crippen molar-refractivity contribution in [3.8, 4) is 0 Å². The van der Waals surface area contributed by atoms with Crippen LogP contribution in [0.2, 0.25) is 0 Å². The molecule has 3 N–H and O–H groups in total. The first-order chi connectivity index (χ1) is 11.6. The smallest absolute Gasteiger partial charge is 0.252 e. The first kappa shape index (κ1) is 16.1. The van der Waals surface area contributed by atoms with Crippen LogP contribution in [0.15, 0.2) is 30.3 Å². The van der Waals surface area contributed by atoms with E-state index in [1.165, 1.54) is 0 Å². The number of hydrogen-bond donors (Lipinski definition) is 2. The number of amides is 1. The van der Waals surface area contributed by atoms with Gasteiger partial charge in [-0.15, -0.1) is 5.10 Å². The highest BCUT2D eigenvalue weighted by atomic mass is 16.1. The molecule has 0 saturated heterocycles. The maximum atomic E-state index is 12.1. The molecule has 0 radical (unpaired) electrons. The van der Waals surface area contributed by atoms with Crippen LogP contribution in [0.4, 0.5) is 5.69 Å². The van der Waals surface area contributed by atoms with E-state index < -0.39 is 0 Å². The van der Waals surface area contributed by atoms with Gasteiger partial charge < -0.3 is 11.1 Å². The third-order valence-electron chi connectivity index (χ3n) is 3.93. The SMILES string of the molecule is Cc1nc2nc(CN)nn2c(C)c1CCC(=O)Nc1ccccc1. The van der Waals surface area contributed by atoms with Crippen LogP contribution in [-0.2, 0) is 17.8 Å². The number of nitrogens with two attached hydrogens (primary N) is 1. The Hall–Kier alpha value is -2.80. The van der Waals surface area contributed by atoms with Crippen molar-refractivity contribution < 1.29 is 4.79 Å². The van der Waals surface area contributed by atoms with Gasteiger partial charge in [0.25, 0.3) is 5.78 Å². The van der Waals surface area contributed by atoms with E-state index in [2.05, 4.69) is 20.4 Å². The zero-order valence-corrected chi connectivity index (χ0v) is 13.8. The fourth-order valence-corrected chi connectivity index (χ4v) is 2.68. The van der Waals surface area contributed by atoms with Crippen molar-refractivity contribution in [3.63, 3.8) is 0 Å². The van der Waals surface area contributed by atoms with Gasteiger partial charge in [-0.05, 0) is 38.0 Å². The molecule has 0 fully saturated rings. The van der Waals surface area contributed by atoms with Gasteiger partial charge in [-0.25, -0.2) is 9.50 Å². The molecule has 24 heavy (non-hydrogen) atoms. The zero-order chi connectivity index (χ0) is 17.1. The molecule has 7 nitrogen and oxygen atoms in total. The molecule has 2 aromatic heterocycles. The first-order valence-corrected chi connectivity index (χ1v) is 7.85. The van der Waals surface area contributed by atoms with Crippen LogP contribution in [0.5, 0.6) is 0 Å². The lowest BCUT2D eigenvalue weighted by molar-refractivity contribution is -0.116. The van der Waals surface area contributed by atoms with Crippen molar-refractivity contribution in [3.05, 3.63) is 53.1 Å². The van der Waals surface area contributed by atoms with Crippen LogP contribution in [0.3, 0.4) is 0 Å². The number of benzene rings is 1. The average molecular weight is 324 g/mol. The number of anilines is 1. The maximum Gasteiger partial charge on any atom is 0.252 e. The van der Waals surface area contributed by atoms with Crippen LogP contribution in [-0.4, -0.2) is 25.5 Å². The van der Waals surface area contributed by atoms with E-state index in [-0.39, 0.29) is 12.5 Å². The van der Waals surface area contributed by atoms with Crippen LogP contribution < -0.4 is 11.1 Å². The van der Waals surface area contributed by atoms with E-state index in [1.54, 1.807) is 4.52 Å². The predicted octanol–water partition coefficient (Wildman–Crippen LogP) is 1.77. The van der Waals surface area contributed by atoms with E-state index in [0.717, 1.165) is 22.6 Å². The van der Waals surface area contributed by atoms with E-state index in [9.17, 15) is 4.79 Å². The fourth-order valence-electron chi connectivity index (χ4n) is 2.68. The quantitative estimate of drug-likeness (QED) is 0.745. The molecule has 1 aromatic carbocycles. The van der Waals surface area contributed by atoms with Gasteiger partial charge in [0, 0.05) is 23.5 Å². The highest BCUT2D eigenvalue weighted by Crippen LogP contribution is 2.16. The summed E-state index contributed by atoms with van der Waals surface area (Å²) >= 11 is 0. The topological polar surface area (TPSA) is 98.2 Å². The summed E-state index contributed by atoms with van der Waals surface area (Å²) in [6.45, 7) is 4.16. The van der Waals surface area contributed by atoms with E-state index in [0.29, 0.717) is 24.4 Å². The number of rotatable bonds is 5. The molecular formula is C17H20N6O. The zero-order valence-electron chi connectivity index (χ0n) is 13.8. The Kier molecular flexibility index (Phi) is 4.52. The summed E-state index contributed by atoms with van der Waals surface area (Å²) < 4.78 is 1.69. The summed E-state index contributed by atoms with van der Waals surface area (Å²) in [6, 6.07) is 9.43. The first-order valence-electron chi connectivity index (χ1n) is 7.85. The van der Waals surface area contributed by atoms with E-state index in [4.69, 9.17) is 5.73 Å². The summed E-state index contributed by atoms with van der Waals surface area (Å²) in [5.41, 5.74) is 9.21. The molecule has 0 saturated carbocycles. The summed E-state index contributed by atoms with van der Waals surface area (Å²) in [5, 5.41) is 7.24. The van der Waals surface area contributed by atoms with Gasteiger partial charge in [0.15, 0.2) is 5.82 Å². The fraction of sp³-hybridized carbons (Fsp3) is 0.294. The van der Waals surface area contributed by atoms with Crippen LogP contribution in [0.1, 0.15) is 29.2 Å². The van der Waals surface area contributed by atoms with Gasteiger partial charge in [0.05, 0.1) is 6.54 Å². The number of carbonyl (C=O) groups excluding carboxylic acids is 1. The Labute approximate surface area is 139 Å². The average Bonchev–Trinajstić information content (AvgIpc) is 2.99. The highest BCUT2D eigenvalue weighted by molar-refractivity contribution is 5.90.